The Bertz CT molecular complexity index is 1900. The molecule has 1 aliphatic heterocycles. The van der Waals surface area contributed by atoms with Crippen LogP contribution in [0.5, 0.6) is 17.2 Å². The first-order chi connectivity index (χ1) is 20.7. The number of ether oxygens (including phenoxy) is 3. The molecule has 6 rings (SSSR count). The monoisotopic (exact) mass is 588 g/mol. The second-order valence-electron chi connectivity index (χ2n) is 10.3. The van der Waals surface area contributed by atoms with Gasteiger partial charge in [-0.15, -0.1) is 0 Å². The van der Waals surface area contributed by atoms with Crippen LogP contribution < -0.4 is 9.47 Å². The Morgan fingerprint density at radius 3 is 2.81 bits per heavy atom. The Morgan fingerprint density at radius 2 is 2.00 bits per heavy atom. The second-order valence-corrected chi connectivity index (χ2v) is 10.3. The summed E-state index contributed by atoms with van der Waals surface area (Å²) in [6.07, 6.45) is 5.02. The van der Waals surface area contributed by atoms with Crippen molar-refractivity contribution in [1.29, 1.82) is 0 Å². The minimum absolute atomic E-state index is 0.0225. The molecule has 2 aromatic heterocycles. The molecule has 1 N–H and O–H groups in total. The zero-order chi connectivity index (χ0) is 30.3. The van der Waals surface area contributed by atoms with E-state index in [9.17, 15) is 9.18 Å². The molecular weight excluding hydrogens is 561 g/mol. The summed E-state index contributed by atoms with van der Waals surface area (Å²) in [5.74, 6) is -2.19. The third-order valence-electron chi connectivity index (χ3n) is 7.53. The summed E-state index contributed by atoms with van der Waals surface area (Å²) >= 11 is 0. The summed E-state index contributed by atoms with van der Waals surface area (Å²) in [5, 5.41) is 4.82. The first kappa shape index (κ1) is 28.1. The van der Waals surface area contributed by atoms with Gasteiger partial charge in [-0.2, -0.15) is 5.10 Å². The summed E-state index contributed by atoms with van der Waals surface area (Å²) in [6, 6.07) is 12.0. The molecule has 1 atom stereocenters. The average Bonchev–Trinajstić information content (AvgIpc) is 3.62. The number of fused-ring (bicyclic) bond motifs is 2. The summed E-state index contributed by atoms with van der Waals surface area (Å²) < 4.78 is 63.0. The molecule has 0 radical (unpaired) electrons. The van der Waals surface area contributed by atoms with E-state index in [0.29, 0.717) is 35.7 Å². The highest BCUT2D eigenvalue weighted by atomic mass is 19.1. The van der Waals surface area contributed by atoms with Crippen LogP contribution in [0.25, 0.3) is 28.4 Å². The number of nitrogens with zero attached hydrogens (tertiary/aromatic N) is 3. The van der Waals surface area contributed by atoms with E-state index in [2.05, 4.69) is 10.1 Å². The highest BCUT2D eigenvalue weighted by Crippen LogP contribution is 2.45. The first-order valence-corrected chi connectivity index (χ1v) is 13.6. The van der Waals surface area contributed by atoms with Gasteiger partial charge in [-0.05, 0) is 50.6 Å². The van der Waals surface area contributed by atoms with Gasteiger partial charge in [0.05, 0.1) is 29.7 Å². The maximum absolute atomic E-state index is 15.2. The molecule has 220 valence electrons. The Labute approximate surface area is 244 Å². The largest absolute Gasteiger partial charge is 0.493 e. The summed E-state index contributed by atoms with van der Waals surface area (Å²) in [6.45, 7) is 4.34. The lowest BCUT2D eigenvalue weighted by atomic mass is 9.76. The Kier molecular flexibility index (Phi) is 7.17. The number of hydrogen-bond donors (Lipinski definition) is 1. The van der Waals surface area contributed by atoms with Crippen LogP contribution in [0.3, 0.4) is 0 Å². The molecule has 0 saturated carbocycles. The number of hydrogen-bond acceptors (Lipinski definition) is 6. The van der Waals surface area contributed by atoms with Crippen molar-refractivity contribution in [2.24, 2.45) is 7.05 Å². The lowest BCUT2D eigenvalue weighted by Crippen LogP contribution is -2.32. The zero-order valence-corrected chi connectivity index (χ0v) is 23.6. The first-order valence-electron chi connectivity index (χ1n) is 13.6. The van der Waals surface area contributed by atoms with E-state index in [1.54, 1.807) is 20.0 Å². The molecule has 0 amide bonds. The van der Waals surface area contributed by atoms with E-state index >= 15 is 8.78 Å². The molecule has 0 aliphatic carbocycles. The minimum Gasteiger partial charge on any atom is -0.493 e. The van der Waals surface area contributed by atoms with Gasteiger partial charge in [-0.1, -0.05) is 18.2 Å². The fourth-order valence-electron chi connectivity index (χ4n) is 5.27. The van der Waals surface area contributed by atoms with Crippen LogP contribution in [0.2, 0.25) is 0 Å². The van der Waals surface area contributed by atoms with E-state index in [0.717, 1.165) is 17.7 Å². The van der Waals surface area contributed by atoms with Gasteiger partial charge in [0.25, 0.3) is 0 Å². The minimum atomic E-state index is -0.901. The molecule has 0 fully saturated rings. The average molecular weight is 589 g/mol. The molecule has 0 bridgehead atoms. The predicted octanol–water partition coefficient (Wildman–Crippen LogP) is 6.84. The van der Waals surface area contributed by atoms with Crippen molar-refractivity contribution in [1.82, 2.24) is 19.7 Å². The quantitative estimate of drug-likeness (QED) is 0.165. The fraction of sp³-hybridized carbons (Fsp3) is 0.219. The highest BCUT2D eigenvalue weighted by Gasteiger charge is 2.40. The summed E-state index contributed by atoms with van der Waals surface area (Å²) in [4.78, 5) is 19.4. The van der Waals surface area contributed by atoms with Crippen LogP contribution in [0.4, 0.5) is 13.2 Å². The number of carbonyl (C=O) groups excluding carboxylic acids is 1. The van der Waals surface area contributed by atoms with Crippen LogP contribution in [-0.4, -0.2) is 38.9 Å². The van der Waals surface area contributed by atoms with Crippen LogP contribution in [0, 0.1) is 17.5 Å². The maximum atomic E-state index is 15.2. The van der Waals surface area contributed by atoms with Crippen molar-refractivity contribution in [2.45, 2.75) is 25.7 Å². The van der Waals surface area contributed by atoms with Crippen LogP contribution >= 0.6 is 0 Å². The molecule has 0 spiro atoms. The number of para-hydroxylation sites is 1. The molecule has 0 unspecified atom stereocenters. The number of benzene rings is 3. The van der Waals surface area contributed by atoms with Gasteiger partial charge >= 0.3 is 5.97 Å². The second kappa shape index (κ2) is 11.0. The number of aromatic amines is 1. The number of nitrogens with one attached hydrogen (secondary N) is 1. The smallest absolute Gasteiger partial charge is 0.330 e. The fourth-order valence-corrected chi connectivity index (χ4v) is 5.27. The van der Waals surface area contributed by atoms with Crippen LogP contribution in [-0.2, 0) is 22.0 Å². The number of aromatic nitrogens is 4. The number of aryl methyl sites for hydroxylation is 1. The third kappa shape index (κ3) is 5.00. The van der Waals surface area contributed by atoms with Gasteiger partial charge < -0.3 is 19.2 Å². The standard InChI is InChI=1S/C32H27F3N4O4/c1-4-41-26(40)11-8-18-6-5-7-22-28(18)42-15-13-32(22,2)31-37-30(39(3)38-31)21-16-19(9-10-23(21)33)43-29-24(34)17-25-20(27(29)35)12-14-36-25/h5-12,14,16-17,36H,4,13,15H2,1-3H3/b11-8+/t32-/m0/s1. The molecule has 43 heavy (non-hydrogen) atoms. The summed E-state index contributed by atoms with van der Waals surface area (Å²) in [5.41, 5.74) is 1.13. The number of esters is 1. The van der Waals surface area contributed by atoms with Crippen LogP contribution in [0.15, 0.2) is 60.8 Å². The maximum Gasteiger partial charge on any atom is 0.330 e. The predicted molar refractivity (Wildman–Crippen MR) is 153 cm³/mol. The van der Waals surface area contributed by atoms with Crippen molar-refractivity contribution >= 4 is 22.9 Å². The number of carbonyl (C=O) groups is 1. The normalized spacial score (nSPS) is 16.3. The van der Waals surface area contributed by atoms with Gasteiger partial charge in [0.15, 0.2) is 29.0 Å². The van der Waals surface area contributed by atoms with Crippen molar-refractivity contribution in [3.8, 4) is 28.6 Å². The number of rotatable bonds is 7. The van der Waals surface area contributed by atoms with Gasteiger partial charge in [0, 0.05) is 41.9 Å². The Hall–Kier alpha value is -5.06. The SMILES string of the molecule is CCOC(=O)/C=C/c1cccc2c1OCC[C@]2(C)c1nc(-c2cc(Oc3c(F)cc4[nH]ccc4c3F)ccc2F)n(C)n1. The summed E-state index contributed by atoms with van der Waals surface area (Å²) in [7, 11) is 1.64. The molecule has 11 heteroatoms. The van der Waals surface area contributed by atoms with Crippen molar-refractivity contribution in [3.63, 3.8) is 0 Å². The molecular formula is C32H27F3N4O4. The van der Waals surface area contributed by atoms with Crippen LogP contribution in [0.1, 0.15) is 37.2 Å². The lowest BCUT2D eigenvalue weighted by Gasteiger charge is -2.34. The molecule has 0 saturated heterocycles. The van der Waals surface area contributed by atoms with Crippen molar-refractivity contribution in [2.75, 3.05) is 13.2 Å². The van der Waals surface area contributed by atoms with Gasteiger partial charge in [-0.3, -0.25) is 0 Å². The van der Waals surface area contributed by atoms with E-state index in [1.807, 2.05) is 25.1 Å². The molecule has 8 nitrogen and oxygen atoms in total. The van der Waals surface area contributed by atoms with E-state index in [1.165, 1.54) is 35.2 Å². The van der Waals surface area contributed by atoms with Crippen molar-refractivity contribution < 1.29 is 32.2 Å². The molecule has 3 aromatic carbocycles. The Balaban J connectivity index is 1.35. The van der Waals surface area contributed by atoms with E-state index in [4.69, 9.17) is 19.2 Å². The number of halogens is 3. The van der Waals surface area contributed by atoms with Gasteiger partial charge in [0.1, 0.15) is 17.3 Å². The van der Waals surface area contributed by atoms with Gasteiger partial charge in [-0.25, -0.2) is 27.6 Å². The zero-order valence-electron chi connectivity index (χ0n) is 23.6. The van der Waals surface area contributed by atoms with E-state index in [-0.39, 0.29) is 29.1 Å². The molecule has 5 aromatic rings. The highest BCUT2D eigenvalue weighted by molar-refractivity contribution is 5.88. The number of H-pyrrole nitrogens is 1. The van der Waals surface area contributed by atoms with Gasteiger partial charge in [0.2, 0.25) is 0 Å². The Morgan fingerprint density at radius 1 is 1.16 bits per heavy atom. The third-order valence-corrected chi connectivity index (χ3v) is 7.53. The lowest BCUT2D eigenvalue weighted by molar-refractivity contribution is -0.137. The topological polar surface area (TPSA) is 91.3 Å². The molecule has 1 aliphatic rings. The molecule has 3 heterocycles. The van der Waals surface area contributed by atoms with E-state index < -0.39 is 34.6 Å². The van der Waals surface area contributed by atoms with Crippen molar-refractivity contribution in [3.05, 3.63) is 95.2 Å².